The van der Waals surface area contributed by atoms with Crippen LogP contribution in [0.5, 0.6) is 0 Å². The van der Waals surface area contributed by atoms with E-state index in [1.54, 1.807) is 61.6 Å². The van der Waals surface area contributed by atoms with Crippen molar-refractivity contribution in [1.29, 1.82) is 10.5 Å². The Morgan fingerprint density at radius 2 is 1.01 bits per heavy atom. The van der Waals surface area contributed by atoms with E-state index in [1.807, 2.05) is 153 Å². The Morgan fingerprint density at radius 3 is 1.36 bits per heavy atom. The van der Waals surface area contributed by atoms with Gasteiger partial charge in [-0.2, -0.15) is 20.5 Å². The number of benzene rings is 4. The molecule has 3 radical (unpaired) electrons. The summed E-state index contributed by atoms with van der Waals surface area (Å²) in [4.78, 5) is 36.1. The first-order chi connectivity index (χ1) is 38.4. The smallest absolute Gasteiger partial charge is 1.00 e. The number of halogens is 5. The van der Waals surface area contributed by atoms with Gasteiger partial charge < -0.3 is 17.5 Å². The van der Waals surface area contributed by atoms with Gasteiger partial charge in [-0.3, -0.25) is 24.6 Å². The minimum atomic E-state index is 0. The van der Waals surface area contributed by atoms with Gasteiger partial charge in [-0.25, -0.2) is 9.97 Å². The topological polar surface area (TPSA) is 205 Å². The summed E-state index contributed by atoms with van der Waals surface area (Å²) in [5.41, 5.74) is 17.6. The number of imidazole rings is 1. The number of aromatic amines is 1. The normalized spacial score (nSPS) is 9.24. The number of aromatic nitrogens is 9. The summed E-state index contributed by atoms with van der Waals surface area (Å²) in [5.74, 6) is 0.635. The molecule has 0 unspecified atom stereocenters. The number of pyridine rings is 5. The summed E-state index contributed by atoms with van der Waals surface area (Å²) in [7, 11) is 0. The van der Waals surface area contributed by atoms with Crippen LogP contribution in [0.15, 0.2) is 234 Å². The van der Waals surface area contributed by atoms with Gasteiger partial charge in [0.25, 0.3) is 0 Å². The Bertz CT molecular complexity index is 3500. The molecule has 0 amide bonds. The maximum atomic E-state index is 8.63. The Morgan fingerprint density at radius 1 is 0.602 bits per heavy atom. The number of rotatable bonds is 7. The molecule has 0 aliphatic heterocycles. The van der Waals surface area contributed by atoms with Crippen LogP contribution < -0.4 is 29.9 Å². The van der Waals surface area contributed by atoms with Gasteiger partial charge in [0.2, 0.25) is 5.28 Å². The van der Waals surface area contributed by atoms with E-state index in [4.69, 9.17) is 27.9 Å². The molecule has 0 bridgehead atoms. The molecular formula is C63H63AlBr2ClFILiN13. The zero-order valence-corrected chi connectivity index (χ0v) is 52.6. The molecule has 0 aliphatic carbocycles. The van der Waals surface area contributed by atoms with E-state index in [1.165, 1.54) is 0 Å². The van der Waals surface area contributed by atoms with Crippen LogP contribution in [0.3, 0.4) is 0 Å². The van der Waals surface area contributed by atoms with E-state index in [0.29, 0.717) is 35.7 Å². The summed E-state index contributed by atoms with van der Waals surface area (Å²) < 4.78 is 2.69. The average Bonchev–Trinajstić information content (AvgIpc) is 4.18. The average molecular weight is 1380 g/mol. The summed E-state index contributed by atoms with van der Waals surface area (Å²) in [6, 6.07) is 64.2. The van der Waals surface area contributed by atoms with Gasteiger partial charge in [0.15, 0.2) is 11.5 Å². The van der Waals surface area contributed by atoms with E-state index < -0.39 is 0 Å². The van der Waals surface area contributed by atoms with Crippen molar-refractivity contribution in [2.75, 3.05) is 5.32 Å². The van der Waals surface area contributed by atoms with Crippen LogP contribution in [0.4, 0.5) is 10.5 Å². The van der Waals surface area contributed by atoms with E-state index in [0.717, 1.165) is 69.1 Å². The number of nitrogens with two attached hydrogens (primary N) is 1. The van der Waals surface area contributed by atoms with Gasteiger partial charge >= 0.3 is 18.9 Å². The van der Waals surface area contributed by atoms with Crippen molar-refractivity contribution in [3.63, 3.8) is 0 Å². The van der Waals surface area contributed by atoms with Crippen molar-refractivity contribution < 1.29 is 26.4 Å². The molecule has 11 rings (SSSR count). The Balaban J connectivity index is 0. The molecule has 0 saturated carbocycles. The van der Waals surface area contributed by atoms with E-state index in [2.05, 4.69) is 149 Å². The molecule has 83 heavy (non-hydrogen) atoms. The summed E-state index contributed by atoms with van der Waals surface area (Å²) in [5, 5.41) is 20.4. The summed E-state index contributed by atoms with van der Waals surface area (Å²) in [6.45, 7) is 7.48. The molecule has 7 heterocycles. The van der Waals surface area contributed by atoms with Gasteiger partial charge in [0.05, 0.1) is 46.7 Å². The first-order valence-corrected chi connectivity index (χ1v) is 27.6. The van der Waals surface area contributed by atoms with Crippen molar-refractivity contribution >= 4 is 100 Å². The largest absolute Gasteiger partial charge is 1.00 e. The summed E-state index contributed by atoms with van der Waals surface area (Å²) >= 11 is 14.7. The molecule has 419 valence electrons. The van der Waals surface area contributed by atoms with Crippen molar-refractivity contribution in [3.8, 4) is 45.9 Å². The van der Waals surface area contributed by atoms with Gasteiger partial charge in [-0.15, -0.1) is 0 Å². The van der Waals surface area contributed by atoms with Gasteiger partial charge in [-0.1, -0.05) is 151 Å². The van der Waals surface area contributed by atoms with E-state index in [-0.39, 0.29) is 56.5 Å². The van der Waals surface area contributed by atoms with Crippen LogP contribution in [0.1, 0.15) is 52.1 Å². The predicted molar refractivity (Wildman–Crippen MR) is 353 cm³/mol. The number of nitriles is 2. The van der Waals surface area contributed by atoms with Gasteiger partial charge in [-0.05, 0) is 143 Å². The molecule has 11 aromatic rings. The molecule has 0 atom stereocenters. The second-order valence-corrected chi connectivity index (χ2v) is 21.0. The number of anilines is 1. The third-order valence-corrected chi connectivity index (χ3v) is 11.3. The molecule has 4 aromatic carbocycles. The molecule has 20 heteroatoms. The Labute approximate surface area is 547 Å². The first-order valence-electron chi connectivity index (χ1n) is 24.4. The zero-order valence-electron chi connectivity index (χ0n) is 46.4. The molecule has 7 aromatic heterocycles. The maximum absolute atomic E-state index is 8.63. The van der Waals surface area contributed by atoms with Gasteiger partial charge in [0, 0.05) is 93.6 Å². The summed E-state index contributed by atoms with van der Waals surface area (Å²) in [6.07, 6.45) is 10.4. The van der Waals surface area contributed by atoms with Gasteiger partial charge in [0.1, 0.15) is 10.1 Å². The Kier molecular flexibility index (Phi) is 38.1. The number of hydrogen-bond acceptors (Lipinski definition) is 12. The zero-order chi connectivity index (χ0) is 56.5. The van der Waals surface area contributed by atoms with Crippen LogP contribution >= 0.6 is 66.1 Å². The maximum Gasteiger partial charge on any atom is 1.00 e. The molecule has 0 aliphatic rings. The van der Waals surface area contributed by atoms with Crippen molar-refractivity contribution in [1.82, 2.24) is 44.9 Å². The Hall–Kier alpha value is -7.04. The second-order valence-electron chi connectivity index (χ2n) is 16.5. The fraction of sp³-hybridized carbons (Fsp3) is 0.111. The number of fused-ring (bicyclic) bond motifs is 1. The van der Waals surface area contributed by atoms with Crippen LogP contribution in [-0.2, 0) is 13.1 Å². The van der Waals surface area contributed by atoms with Crippen LogP contribution in [0.2, 0.25) is 5.28 Å². The number of alkyl halides is 1. The SMILES string of the molecule is Brc1ccccn1.C.CC(C)I.Cc1ccccn1.Clc1nc(NCc2ccc(-c3ccccn3)cc2)c2[nH]cnc2n1.F.N#Cc1ccc(-c2ccccn2)cc1.N#Cc1ccc(Br)cc1.NCc1ccc(-c2ccccn2)cc1.[3HH].[Al].[H-].[Li+]. The van der Waals surface area contributed by atoms with Crippen molar-refractivity contribution in [2.45, 2.75) is 45.2 Å². The molecule has 0 saturated heterocycles. The standard InChI is InChI=1S/C17H13ClN6.C12H12N2.C12H8N2.C7H4BrN.C6H7N.C5H4BrN.C3H7I.CH4.Al.FH.Li.H2.H/c18-17-23-15(14-16(24-17)22-10-21-14)20-9-11-4-6-12(7-5-11)13-3-1-2-8-19-13;2*13-9-10-4-6-11(7-5-10)12-3-1-2-8-14-12;8-7-3-1-6(5-9)2-4-7;1-6-4-2-3-5-7-6;6-5-3-1-2-4-7-5;1-3(2)4;;;;;;/h1-8,10H,9H2,(H2,20,21,22,23,24);1-8H,9,13H2;1-8H;1-4H;2-5H,1H3;1-4H;3H,1-2H3;1H4;;1H;;1H;/q;;;;;;;;;;+1;;-1/i;;;;;;;;;;;1+2;. The number of nitrogens with zero attached hydrogens (tertiary/aromatic N) is 10. The number of nitrogens with one attached hydrogen (secondary N) is 2. The third-order valence-electron chi connectivity index (χ3n) is 10.2. The van der Waals surface area contributed by atoms with Crippen LogP contribution in [0.25, 0.3) is 44.9 Å². The fourth-order valence-corrected chi connectivity index (χ4v) is 7.06. The monoisotopic (exact) mass is 1380 g/mol. The van der Waals surface area contributed by atoms with Crippen LogP contribution in [-0.4, -0.2) is 66.1 Å². The first kappa shape index (κ1) is 74.0. The molecule has 4 N–H and O–H groups in total. The number of H-pyrrole nitrogens is 1. The third kappa shape index (κ3) is 28.7. The minimum absolute atomic E-state index is 0. The van der Waals surface area contributed by atoms with Crippen molar-refractivity contribution in [2.24, 2.45) is 5.73 Å². The molecule has 13 nitrogen and oxygen atoms in total. The minimum Gasteiger partial charge on any atom is -1.00 e. The molecule has 0 spiro atoms. The predicted octanol–water partition coefficient (Wildman–Crippen LogP) is 13.7. The quantitative estimate of drug-likeness (QED) is 0.0448. The van der Waals surface area contributed by atoms with Crippen LogP contribution in [0, 0.1) is 29.6 Å². The number of aryl methyl sites for hydroxylation is 1. The molecular weight excluding hydrogens is 1310 g/mol. The molecule has 0 fully saturated rings. The fourth-order valence-electron chi connectivity index (χ4n) is 6.36. The second kappa shape index (κ2) is 42.7. The van der Waals surface area contributed by atoms with Crippen molar-refractivity contribution in [3.05, 3.63) is 268 Å². The van der Waals surface area contributed by atoms with E-state index >= 15 is 0 Å². The number of hydrogen-bond donors (Lipinski definition) is 3. The van der Waals surface area contributed by atoms with E-state index in [9.17, 15) is 0 Å².